The second-order valence-electron chi connectivity index (χ2n) is 10.2. The number of benzene rings is 2. The van der Waals surface area contributed by atoms with Crippen molar-refractivity contribution in [1.29, 1.82) is 0 Å². The summed E-state index contributed by atoms with van der Waals surface area (Å²) in [6.45, 7) is -0.991. The molecule has 0 aliphatic carbocycles. The molecular formula is C29H38O17. The summed E-state index contributed by atoms with van der Waals surface area (Å²) in [6, 6.07) is 5.33. The molecule has 17 heteroatoms. The molecule has 46 heavy (non-hydrogen) atoms. The third kappa shape index (κ3) is 7.26. The zero-order valence-corrected chi connectivity index (χ0v) is 25.6. The van der Waals surface area contributed by atoms with Crippen LogP contribution in [-0.4, -0.2) is 141 Å². The van der Waals surface area contributed by atoms with Crippen molar-refractivity contribution >= 4 is 5.97 Å². The van der Waals surface area contributed by atoms with E-state index in [-0.39, 0.29) is 45.8 Å². The highest BCUT2D eigenvalue weighted by atomic mass is 16.7. The van der Waals surface area contributed by atoms with E-state index in [1.165, 1.54) is 59.8 Å². The van der Waals surface area contributed by atoms with E-state index in [1.54, 1.807) is 0 Å². The maximum atomic E-state index is 12.6. The number of carbonyl (C=O) groups excluding carboxylic acids is 1. The number of methoxy groups -OCH3 is 5. The number of hydrogen-bond acceptors (Lipinski definition) is 17. The molecule has 0 saturated carbocycles. The monoisotopic (exact) mass is 658 g/mol. The summed E-state index contributed by atoms with van der Waals surface area (Å²) in [5.41, 5.74) is -0.0279. The number of phenolic OH excluding ortho intramolecular Hbond substituents is 1. The van der Waals surface area contributed by atoms with Gasteiger partial charge in [0, 0.05) is 12.1 Å². The molecule has 4 rings (SSSR count). The number of aliphatic hydroxyl groups is 5. The zero-order chi connectivity index (χ0) is 33.7. The summed E-state index contributed by atoms with van der Waals surface area (Å²) < 4.78 is 53.7. The Kier molecular flexibility index (Phi) is 11.6. The number of rotatable bonds is 13. The van der Waals surface area contributed by atoms with Crippen LogP contribution in [0.25, 0.3) is 0 Å². The van der Waals surface area contributed by atoms with Crippen LogP contribution in [0.1, 0.15) is 10.4 Å². The van der Waals surface area contributed by atoms with Crippen LogP contribution >= 0.6 is 0 Å². The SMILES string of the molecule is COc1cc(C(=O)OC[C@H]2O[C@@H](OC[C@H]3O[C@@H](Oc4cc(OC)c(OC)c(OC)c4)[C@H](O)[C@@H](O)[C@@H]3O)[C@H](O)[C@@H]2O)cc(OC)c1O. The highest BCUT2D eigenvalue weighted by Crippen LogP contribution is 2.42. The maximum Gasteiger partial charge on any atom is 0.338 e. The Labute approximate surface area is 263 Å². The van der Waals surface area contributed by atoms with Crippen LogP contribution in [0.3, 0.4) is 0 Å². The first-order valence-corrected chi connectivity index (χ1v) is 13.9. The van der Waals surface area contributed by atoms with E-state index in [1.807, 2.05) is 0 Å². The van der Waals surface area contributed by atoms with Gasteiger partial charge < -0.3 is 78.0 Å². The lowest BCUT2D eigenvalue weighted by atomic mass is 9.99. The van der Waals surface area contributed by atoms with Crippen LogP contribution in [0, 0.1) is 0 Å². The number of aliphatic hydroxyl groups excluding tert-OH is 5. The van der Waals surface area contributed by atoms with Crippen molar-refractivity contribution in [2.75, 3.05) is 48.8 Å². The number of esters is 1. The standard InChI is InChI=1S/C29H38O17/c1-37-14-6-12(7-15(38-2)20(14)30)27(36)42-10-18-22(32)24(34)28(45-18)43-11-19-21(31)23(33)25(35)29(46-19)44-13-8-16(39-3)26(41-5)17(9-13)40-4/h6-9,18-19,21-25,28-35H,10-11H2,1-5H3/t18-,19-,21-,22-,23+,24-,25-,28-,29-/m1/s1. The molecular weight excluding hydrogens is 620 g/mol. The van der Waals surface area contributed by atoms with Crippen LogP contribution in [0.15, 0.2) is 24.3 Å². The fraction of sp³-hybridized carbons (Fsp3) is 0.552. The largest absolute Gasteiger partial charge is 0.502 e. The fourth-order valence-electron chi connectivity index (χ4n) is 4.84. The molecule has 2 heterocycles. The molecule has 2 fully saturated rings. The van der Waals surface area contributed by atoms with E-state index in [0.717, 1.165) is 0 Å². The number of hydrogen-bond donors (Lipinski definition) is 6. The molecule has 17 nitrogen and oxygen atoms in total. The first kappa shape index (κ1) is 35.1. The van der Waals surface area contributed by atoms with E-state index >= 15 is 0 Å². The first-order valence-electron chi connectivity index (χ1n) is 13.9. The van der Waals surface area contributed by atoms with Gasteiger partial charge in [-0.2, -0.15) is 0 Å². The number of ether oxygens (including phenoxy) is 10. The van der Waals surface area contributed by atoms with Gasteiger partial charge in [-0.1, -0.05) is 0 Å². The zero-order valence-electron chi connectivity index (χ0n) is 25.6. The van der Waals surface area contributed by atoms with Crippen LogP contribution in [0.4, 0.5) is 0 Å². The average Bonchev–Trinajstić information content (AvgIpc) is 3.34. The Morgan fingerprint density at radius 2 is 1.15 bits per heavy atom. The fourth-order valence-corrected chi connectivity index (χ4v) is 4.84. The predicted molar refractivity (Wildman–Crippen MR) is 152 cm³/mol. The summed E-state index contributed by atoms with van der Waals surface area (Å²) in [5, 5.41) is 62.6. The minimum atomic E-state index is -1.72. The third-order valence-electron chi connectivity index (χ3n) is 7.40. The molecule has 256 valence electrons. The highest BCUT2D eigenvalue weighted by molar-refractivity contribution is 5.91. The van der Waals surface area contributed by atoms with Gasteiger partial charge in [-0.3, -0.25) is 0 Å². The van der Waals surface area contributed by atoms with Crippen LogP contribution in [-0.2, 0) is 18.9 Å². The topological polar surface area (TPSA) is 231 Å². The van der Waals surface area contributed by atoms with Crippen LogP contribution in [0.5, 0.6) is 40.2 Å². The molecule has 0 amide bonds. The highest BCUT2D eigenvalue weighted by Gasteiger charge is 2.48. The van der Waals surface area contributed by atoms with Crippen molar-refractivity contribution < 1.29 is 82.8 Å². The first-order chi connectivity index (χ1) is 22.0. The van der Waals surface area contributed by atoms with Gasteiger partial charge in [0.25, 0.3) is 0 Å². The molecule has 2 saturated heterocycles. The van der Waals surface area contributed by atoms with Crippen molar-refractivity contribution in [3.05, 3.63) is 29.8 Å². The quantitative estimate of drug-likeness (QED) is 0.141. The van der Waals surface area contributed by atoms with Gasteiger partial charge in [0.2, 0.25) is 17.8 Å². The summed E-state index contributed by atoms with van der Waals surface area (Å²) in [6.07, 6.45) is -13.7. The van der Waals surface area contributed by atoms with Gasteiger partial charge in [-0.25, -0.2) is 4.79 Å². The molecule has 0 bridgehead atoms. The number of phenols is 1. The molecule has 2 aliphatic heterocycles. The Morgan fingerprint density at radius 3 is 1.70 bits per heavy atom. The van der Waals surface area contributed by atoms with Crippen molar-refractivity contribution in [3.8, 4) is 40.2 Å². The molecule has 2 aromatic rings. The van der Waals surface area contributed by atoms with E-state index in [9.17, 15) is 35.4 Å². The smallest absolute Gasteiger partial charge is 0.338 e. The van der Waals surface area contributed by atoms with E-state index in [2.05, 4.69) is 0 Å². The van der Waals surface area contributed by atoms with Crippen LogP contribution < -0.4 is 28.4 Å². The van der Waals surface area contributed by atoms with Crippen molar-refractivity contribution in [2.45, 2.75) is 55.3 Å². The lowest BCUT2D eigenvalue weighted by molar-refractivity contribution is -0.290. The molecule has 0 unspecified atom stereocenters. The lowest BCUT2D eigenvalue weighted by Gasteiger charge is -2.40. The average molecular weight is 659 g/mol. The molecule has 0 spiro atoms. The summed E-state index contributed by atoms with van der Waals surface area (Å²) in [7, 11) is 6.79. The van der Waals surface area contributed by atoms with Gasteiger partial charge in [0.05, 0.1) is 47.7 Å². The molecule has 0 radical (unpaired) electrons. The maximum absolute atomic E-state index is 12.6. The van der Waals surface area contributed by atoms with E-state index in [0.29, 0.717) is 0 Å². The molecule has 6 N–H and O–H groups in total. The second kappa shape index (κ2) is 15.2. The Bertz CT molecular complexity index is 1290. The Morgan fingerprint density at radius 1 is 0.652 bits per heavy atom. The minimum Gasteiger partial charge on any atom is -0.502 e. The molecule has 2 aromatic carbocycles. The molecule has 2 aliphatic rings. The Balaban J connectivity index is 1.37. The second-order valence-corrected chi connectivity index (χ2v) is 10.2. The molecule has 0 aromatic heterocycles. The third-order valence-corrected chi connectivity index (χ3v) is 7.40. The number of aromatic hydroxyl groups is 1. The van der Waals surface area contributed by atoms with Crippen molar-refractivity contribution in [2.24, 2.45) is 0 Å². The summed E-state index contributed by atoms with van der Waals surface area (Å²) in [4.78, 5) is 12.6. The van der Waals surface area contributed by atoms with Gasteiger partial charge in [-0.05, 0) is 12.1 Å². The summed E-state index contributed by atoms with van der Waals surface area (Å²) in [5.74, 6) is -0.353. The normalized spacial score (nSPS) is 29.1. The van der Waals surface area contributed by atoms with Gasteiger partial charge >= 0.3 is 5.97 Å². The van der Waals surface area contributed by atoms with Gasteiger partial charge in [0.15, 0.2) is 29.3 Å². The van der Waals surface area contributed by atoms with E-state index in [4.69, 9.17) is 47.4 Å². The van der Waals surface area contributed by atoms with Crippen molar-refractivity contribution in [3.63, 3.8) is 0 Å². The van der Waals surface area contributed by atoms with E-state index < -0.39 is 74.5 Å². The van der Waals surface area contributed by atoms with Crippen molar-refractivity contribution in [1.82, 2.24) is 0 Å². The summed E-state index contributed by atoms with van der Waals surface area (Å²) >= 11 is 0. The predicted octanol–water partition coefficient (Wildman–Crippen LogP) is -1.06. The number of carbonyl (C=O) groups is 1. The van der Waals surface area contributed by atoms with Crippen LogP contribution in [0.2, 0.25) is 0 Å². The van der Waals surface area contributed by atoms with Gasteiger partial charge in [0.1, 0.15) is 55.1 Å². The van der Waals surface area contributed by atoms with Gasteiger partial charge in [-0.15, -0.1) is 0 Å². The minimum absolute atomic E-state index is 0.0279. The molecule has 9 atom stereocenters. The lowest BCUT2D eigenvalue weighted by Crippen LogP contribution is -2.60. The Hall–Kier alpha value is -3.81.